The molecular formula is C13H18N4S. The zero-order valence-corrected chi connectivity index (χ0v) is 11.7. The van der Waals surface area contributed by atoms with Crippen LogP contribution in [0.5, 0.6) is 0 Å². The molecule has 3 N–H and O–H groups in total. The summed E-state index contributed by atoms with van der Waals surface area (Å²) in [5.74, 6) is 0.869. The van der Waals surface area contributed by atoms with Gasteiger partial charge in [0.2, 0.25) is 5.13 Å². The molecular weight excluding hydrogens is 244 g/mol. The molecule has 96 valence electrons. The summed E-state index contributed by atoms with van der Waals surface area (Å²) in [5.41, 5.74) is 7.67. The van der Waals surface area contributed by atoms with Crippen LogP contribution < -0.4 is 11.1 Å². The molecule has 1 aromatic heterocycles. The van der Waals surface area contributed by atoms with Crippen molar-refractivity contribution in [3.05, 3.63) is 35.7 Å². The molecule has 2 rings (SSSR count). The van der Waals surface area contributed by atoms with Crippen molar-refractivity contribution in [1.82, 2.24) is 9.36 Å². The summed E-state index contributed by atoms with van der Waals surface area (Å²) in [5, 5.41) is 4.07. The highest BCUT2D eigenvalue weighted by atomic mass is 32.1. The van der Waals surface area contributed by atoms with Crippen LogP contribution in [-0.4, -0.2) is 9.36 Å². The van der Waals surface area contributed by atoms with Crippen LogP contribution >= 0.6 is 11.5 Å². The zero-order valence-electron chi connectivity index (χ0n) is 10.9. The minimum atomic E-state index is -0.0141. The summed E-state index contributed by atoms with van der Waals surface area (Å²) in [6, 6.07) is 8.02. The molecule has 0 unspecified atom stereocenters. The van der Waals surface area contributed by atoms with E-state index in [1.54, 1.807) is 0 Å². The average molecular weight is 262 g/mol. The van der Waals surface area contributed by atoms with E-state index >= 15 is 0 Å². The minimum absolute atomic E-state index is 0.0141. The number of hydrogen-bond acceptors (Lipinski definition) is 5. The summed E-state index contributed by atoms with van der Waals surface area (Å²) >= 11 is 1.38. The van der Waals surface area contributed by atoms with Crippen LogP contribution in [0.25, 0.3) is 0 Å². The van der Waals surface area contributed by atoms with Gasteiger partial charge in [0, 0.05) is 29.2 Å². The topological polar surface area (TPSA) is 63.8 Å². The third-order valence-electron chi connectivity index (χ3n) is 2.54. The lowest BCUT2D eigenvalue weighted by molar-refractivity contribution is 0.555. The Morgan fingerprint density at radius 2 is 1.89 bits per heavy atom. The van der Waals surface area contributed by atoms with E-state index in [2.05, 4.69) is 35.4 Å². The van der Waals surface area contributed by atoms with Gasteiger partial charge in [-0.2, -0.15) is 4.37 Å². The van der Waals surface area contributed by atoms with Crippen molar-refractivity contribution in [2.45, 2.75) is 32.7 Å². The number of nitrogens with two attached hydrogens (primary N) is 1. The molecule has 0 aliphatic carbocycles. The number of aromatic nitrogens is 2. The maximum atomic E-state index is 5.56. The van der Waals surface area contributed by atoms with Crippen LogP contribution in [0.1, 0.15) is 32.2 Å². The molecule has 1 heterocycles. The Morgan fingerprint density at radius 3 is 2.39 bits per heavy atom. The van der Waals surface area contributed by atoms with Crippen molar-refractivity contribution in [2.75, 3.05) is 5.32 Å². The number of benzene rings is 1. The highest BCUT2D eigenvalue weighted by molar-refractivity contribution is 7.09. The molecule has 4 nitrogen and oxygen atoms in total. The van der Waals surface area contributed by atoms with Crippen molar-refractivity contribution < 1.29 is 0 Å². The molecule has 0 fully saturated rings. The quantitative estimate of drug-likeness (QED) is 0.892. The molecule has 2 aromatic rings. The lowest BCUT2D eigenvalue weighted by atomic mass is 9.96. The Kier molecular flexibility index (Phi) is 3.63. The van der Waals surface area contributed by atoms with E-state index in [-0.39, 0.29) is 5.41 Å². The van der Waals surface area contributed by atoms with E-state index in [0.717, 1.165) is 22.2 Å². The maximum Gasteiger partial charge on any atom is 0.207 e. The molecule has 0 saturated heterocycles. The van der Waals surface area contributed by atoms with Crippen molar-refractivity contribution in [3.63, 3.8) is 0 Å². The number of nitrogens with one attached hydrogen (secondary N) is 1. The first kappa shape index (κ1) is 13.0. The van der Waals surface area contributed by atoms with E-state index in [1.165, 1.54) is 11.5 Å². The third-order valence-corrected chi connectivity index (χ3v) is 3.17. The predicted molar refractivity (Wildman–Crippen MR) is 76.2 cm³/mol. The normalized spacial score (nSPS) is 11.6. The smallest absolute Gasteiger partial charge is 0.207 e. The largest absolute Gasteiger partial charge is 0.330 e. The van der Waals surface area contributed by atoms with Crippen molar-refractivity contribution >= 4 is 22.4 Å². The summed E-state index contributed by atoms with van der Waals surface area (Å²) in [6.07, 6.45) is 0. The number of rotatable bonds is 3. The number of nitrogens with zero attached hydrogens (tertiary/aromatic N) is 2. The van der Waals surface area contributed by atoms with Gasteiger partial charge in [-0.25, -0.2) is 4.98 Å². The van der Waals surface area contributed by atoms with Gasteiger partial charge >= 0.3 is 0 Å². The molecule has 0 radical (unpaired) electrons. The van der Waals surface area contributed by atoms with Crippen molar-refractivity contribution in [1.29, 1.82) is 0 Å². The monoisotopic (exact) mass is 262 g/mol. The molecule has 18 heavy (non-hydrogen) atoms. The Balaban J connectivity index is 2.11. The highest BCUT2D eigenvalue weighted by Crippen LogP contribution is 2.25. The van der Waals surface area contributed by atoms with Gasteiger partial charge < -0.3 is 11.1 Å². The van der Waals surface area contributed by atoms with E-state index in [1.807, 2.05) is 24.3 Å². The first-order valence-corrected chi connectivity index (χ1v) is 6.66. The van der Waals surface area contributed by atoms with Crippen molar-refractivity contribution in [2.24, 2.45) is 5.73 Å². The molecule has 0 aliphatic rings. The van der Waals surface area contributed by atoms with Crippen LogP contribution in [0.2, 0.25) is 0 Å². The van der Waals surface area contributed by atoms with Gasteiger partial charge in [-0.3, -0.25) is 0 Å². The summed E-state index contributed by atoms with van der Waals surface area (Å²) in [4.78, 5) is 4.49. The third kappa shape index (κ3) is 3.05. The van der Waals surface area contributed by atoms with Crippen LogP contribution in [0.3, 0.4) is 0 Å². The lowest BCUT2D eigenvalue weighted by Crippen LogP contribution is -2.13. The molecule has 5 heteroatoms. The summed E-state index contributed by atoms with van der Waals surface area (Å²) in [7, 11) is 0. The second-order valence-corrected chi connectivity index (χ2v) is 5.95. The van der Waals surface area contributed by atoms with Gasteiger partial charge in [0.25, 0.3) is 0 Å². The summed E-state index contributed by atoms with van der Waals surface area (Å²) < 4.78 is 4.37. The summed E-state index contributed by atoms with van der Waals surface area (Å²) in [6.45, 7) is 6.88. The fourth-order valence-electron chi connectivity index (χ4n) is 1.43. The molecule has 0 spiro atoms. The second-order valence-electron chi connectivity index (χ2n) is 5.20. The average Bonchev–Trinajstić information content (AvgIpc) is 2.78. The number of anilines is 2. The van der Waals surface area contributed by atoms with Crippen molar-refractivity contribution in [3.8, 4) is 0 Å². The SMILES string of the molecule is CC(C)(C)c1nsc(Nc2ccc(CN)cc2)n1. The fourth-order valence-corrected chi connectivity index (χ4v) is 2.20. The number of hydrogen-bond donors (Lipinski definition) is 2. The van der Waals surface area contributed by atoms with E-state index in [9.17, 15) is 0 Å². The Hall–Kier alpha value is -1.46. The maximum absolute atomic E-state index is 5.56. The molecule has 0 amide bonds. The Morgan fingerprint density at radius 1 is 1.22 bits per heavy atom. The molecule has 0 bridgehead atoms. The van der Waals surface area contributed by atoms with Crippen LogP contribution in [0, 0.1) is 0 Å². The van der Waals surface area contributed by atoms with Crippen LogP contribution in [0.15, 0.2) is 24.3 Å². The van der Waals surface area contributed by atoms with E-state index < -0.39 is 0 Å². The van der Waals surface area contributed by atoms with Gasteiger partial charge in [-0.05, 0) is 17.7 Å². The highest BCUT2D eigenvalue weighted by Gasteiger charge is 2.19. The first-order chi connectivity index (χ1) is 8.49. The van der Waals surface area contributed by atoms with E-state index in [0.29, 0.717) is 6.54 Å². The molecule has 0 atom stereocenters. The van der Waals surface area contributed by atoms with Crippen LogP contribution in [0.4, 0.5) is 10.8 Å². The van der Waals surface area contributed by atoms with Gasteiger partial charge in [-0.1, -0.05) is 32.9 Å². The van der Waals surface area contributed by atoms with E-state index in [4.69, 9.17) is 5.73 Å². The fraction of sp³-hybridized carbons (Fsp3) is 0.385. The lowest BCUT2D eigenvalue weighted by Gasteiger charge is -2.12. The first-order valence-electron chi connectivity index (χ1n) is 5.89. The Bertz CT molecular complexity index is 511. The zero-order chi connectivity index (χ0) is 13.2. The molecule has 0 saturated carbocycles. The van der Waals surface area contributed by atoms with Gasteiger partial charge in [0.1, 0.15) is 5.82 Å². The Labute approximate surface area is 111 Å². The van der Waals surface area contributed by atoms with Crippen LogP contribution in [-0.2, 0) is 12.0 Å². The standard InChI is InChI=1S/C13H18N4S/c1-13(2,3)11-16-12(18-17-11)15-10-6-4-9(8-14)5-7-10/h4-7H,8,14H2,1-3H3,(H,15,16,17). The second kappa shape index (κ2) is 5.04. The van der Waals surface area contributed by atoms with Gasteiger partial charge in [0.15, 0.2) is 0 Å². The minimum Gasteiger partial charge on any atom is -0.330 e. The molecule has 1 aromatic carbocycles. The van der Waals surface area contributed by atoms with Gasteiger partial charge in [0.05, 0.1) is 0 Å². The predicted octanol–water partition coefficient (Wildman–Crippen LogP) is 3.04. The van der Waals surface area contributed by atoms with Gasteiger partial charge in [-0.15, -0.1) is 0 Å². The molecule has 0 aliphatic heterocycles.